The summed E-state index contributed by atoms with van der Waals surface area (Å²) < 4.78 is 25.7. The molecule has 0 radical (unpaired) electrons. The van der Waals surface area contributed by atoms with Crippen molar-refractivity contribution in [3.63, 3.8) is 0 Å². The van der Waals surface area contributed by atoms with E-state index in [1.807, 2.05) is 7.05 Å². The van der Waals surface area contributed by atoms with Gasteiger partial charge in [0.25, 0.3) is 0 Å². The highest BCUT2D eigenvalue weighted by Crippen LogP contribution is 2.13. The zero-order valence-electron chi connectivity index (χ0n) is 10.6. The first-order chi connectivity index (χ1) is 7.43. The van der Waals surface area contributed by atoms with Crippen LogP contribution in [0.25, 0.3) is 0 Å². The van der Waals surface area contributed by atoms with E-state index in [1.165, 1.54) is 0 Å². The number of piperidine rings is 1. The topological polar surface area (TPSA) is 40.6 Å². The molecule has 1 saturated heterocycles. The molecule has 0 aromatic carbocycles. The predicted octanol–water partition coefficient (Wildman–Crippen LogP) is 1.14. The normalized spacial score (nSPS) is 19.6. The van der Waals surface area contributed by atoms with Gasteiger partial charge in [0, 0.05) is 25.7 Å². The lowest BCUT2D eigenvalue weighted by Gasteiger charge is -2.27. The van der Waals surface area contributed by atoms with E-state index in [9.17, 15) is 8.42 Å². The summed E-state index contributed by atoms with van der Waals surface area (Å²) in [6.45, 7) is 6.21. The second kappa shape index (κ2) is 5.98. The molecule has 4 nitrogen and oxygen atoms in total. The molecule has 1 rings (SSSR count). The first kappa shape index (κ1) is 13.9. The van der Waals surface area contributed by atoms with Gasteiger partial charge in [-0.05, 0) is 33.7 Å². The maximum Gasteiger partial charge on any atom is 0.215 e. The average Bonchev–Trinajstić information content (AvgIpc) is 2.27. The van der Waals surface area contributed by atoms with Crippen LogP contribution in [0.1, 0.15) is 33.1 Å². The molecule has 5 heteroatoms. The summed E-state index contributed by atoms with van der Waals surface area (Å²) in [5, 5.41) is 0. The lowest BCUT2D eigenvalue weighted by molar-refractivity contribution is 0.285. The van der Waals surface area contributed by atoms with E-state index in [1.54, 1.807) is 4.31 Å². The van der Waals surface area contributed by atoms with Crippen LogP contribution in [0.4, 0.5) is 0 Å². The van der Waals surface area contributed by atoms with Gasteiger partial charge in [-0.1, -0.05) is 6.42 Å². The molecular weight excluding hydrogens is 224 g/mol. The lowest BCUT2D eigenvalue weighted by atomic mass is 10.2. The Morgan fingerprint density at radius 3 is 2.25 bits per heavy atom. The van der Waals surface area contributed by atoms with Crippen molar-refractivity contribution in [2.45, 2.75) is 39.2 Å². The second-order valence-electron chi connectivity index (χ2n) is 4.85. The van der Waals surface area contributed by atoms with E-state index in [0.29, 0.717) is 25.7 Å². The third-order valence-corrected chi connectivity index (χ3v) is 5.14. The molecule has 0 aliphatic carbocycles. The van der Waals surface area contributed by atoms with Gasteiger partial charge in [-0.15, -0.1) is 0 Å². The second-order valence-corrected chi connectivity index (χ2v) is 6.94. The van der Waals surface area contributed by atoms with Gasteiger partial charge in [0.05, 0.1) is 5.75 Å². The maximum atomic E-state index is 12.0. The van der Waals surface area contributed by atoms with Crippen LogP contribution in [-0.2, 0) is 10.0 Å². The Hall–Kier alpha value is -0.130. The van der Waals surface area contributed by atoms with Gasteiger partial charge in [-0.3, -0.25) is 0 Å². The summed E-state index contributed by atoms with van der Waals surface area (Å²) in [7, 11) is -1.05. The zero-order chi connectivity index (χ0) is 12.2. The van der Waals surface area contributed by atoms with Crippen LogP contribution in [0.2, 0.25) is 0 Å². The van der Waals surface area contributed by atoms with Gasteiger partial charge in [0.2, 0.25) is 10.0 Å². The standard InChI is InChI=1S/C11H24N2O2S/c1-11(2)12(3)9-10-16(14,15)13-7-5-4-6-8-13/h11H,4-10H2,1-3H3. The molecule has 0 saturated carbocycles. The molecule has 16 heavy (non-hydrogen) atoms. The molecule has 1 aliphatic rings. The number of nitrogens with zero attached hydrogens (tertiary/aromatic N) is 2. The molecular formula is C11H24N2O2S. The Kier molecular flexibility index (Phi) is 5.21. The minimum absolute atomic E-state index is 0.252. The minimum atomic E-state index is -3.02. The highest BCUT2D eigenvalue weighted by Gasteiger charge is 2.24. The largest absolute Gasteiger partial charge is 0.303 e. The molecule has 1 aliphatic heterocycles. The van der Waals surface area contributed by atoms with Crippen molar-refractivity contribution in [1.29, 1.82) is 0 Å². The monoisotopic (exact) mass is 248 g/mol. The van der Waals surface area contributed by atoms with Gasteiger partial charge in [-0.25, -0.2) is 12.7 Å². The van der Waals surface area contributed by atoms with Gasteiger partial charge >= 0.3 is 0 Å². The van der Waals surface area contributed by atoms with E-state index in [2.05, 4.69) is 18.7 Å². The Labute approximate surface area is 99.7 Å². The molecule has 0 amide bonds. The first-order valence-electron chi connectivity index (χ1n) is 6.11. The van der Waals surface area contributed by atoms with Crippen LogP contribution < -0.4 is 0 Å². The SMILES string of the molecule is CC(C)N(C)CCS(=O)(=O)N1CCCCC1. The van der Waals surface area contributed by atoms with Gasteiger partial charge < -0.3 is 4.90 Å². The molecule has 0 aromatic heterocycles. The number of rotatable bonds is 5. The summed E-state index contributed by atoms with van der Waals surface area (Å²) in [5.41, 5.74) is 0. The lowest BCUT2D eigenvalue weighted by Crippen LogP contribution is -2.40. The molecule has 0 aromatic rings. The highest BCUT2D eigenvalue weighted by molar-refractivity contribution is 7.89. The molecule has 96 valence electrons. The van der Waals surface area contributed by atoms with Gasteiger partial charge in [0.15, 0.2) is 0 Å². The van der Waals surface area contributed by atoms with E-state index >= 15 is 0 Å². The average molecular weight is 248 g/mol. The molecule has 0 atom stereocenters. The third kappa shape index (κ3) is 4.03. The maximum absolute atomic E-state index is 12.0. The van der Waals surface area contributed by atoms with Crippen molar-refractivity contribution in [3.8, 4) is 0 Å². The molecule has 1 fully saturated rings. The van der Waals surface area contributed by atoms with E-state index in [0.717, 1.165) is 19.3 Å². The number of sulfonamides is 1. The first-order valence-corrected chi connectivity index (χ1v) is 7.72. The van der Waals surface area contributed by atoms with Crippen LogP contribution >= 0.6 is 0 Å². The van der Waals surface area contributed by atoms with Crippen LogP contribution in [0.5, 0.6) is 0 Å². The fourth-order valence-electron chi connectivity index (χ4n) is 1.79. The summed E-state index contributed by atoms with van der Waals surface area (Å²) in [4.78, 5) is 2.07. The van der Waals surface area contributed by atoms with Crippen LogP contribution in [0.15, 0.2) is 0 Å². The van der Waals surface area contributed by atoms with E-state index in [4.69, 9.17) is 0 Å². The molecule has 0 spiro atoms. The van der Waals surface area contributed by atoms with Crippen molar-refractivity contribution in [2.75, 3.05) is 32.4 Å². The molecule has 0 bridgehead atoms. The Balaban J connectivity index is 2.44. The van der Waals surface area contributed by atoms with Crippen molar-refractivity contribution >= 4 is 10.0 Å². The summed E-state index contributed by atoms with van der Waals surface area (Å²) >= 11 is 0. The summed E-state index contributed by atoms with van der Waals surface area (Å²) in [5.74, 6) is 0.252. The van der Waals surface area contributed by atoms with Crippen LogP contribution in [0.3, 0.4) is 0 Å². The molecule has 1 heterocycles. The van der Waals surface area contributed by atoms with E-state index in [-0.39, 0.29) is 5.75 Å². The summed E-state index contributed by atoms with van der Waals surface area (Å²) in [6.07, 6.45) is 3.19. The van der Waals surface area contributed by atoms with E-state index < -0.39 is 10.0 Å². The Morgan fingerprint density at radius 2 is 1.75 bits per heavy atom. The molecule has 0 unspecified atom stereocenters. The third-order valence-electron chi connectivity index (χ3n) is 3.29. The minimum Gasteiger partial charge on any atom is -0.303 e. The van der Waals surface area contributed by atoms with Gasteiger partial charge in [0.1, 0.15) is 0 Å². The van der Waals surface area contributed by atoms with Gasteiger partial charge in [-0.2, -0.15) is 0 Å². The number of hydrogen-bond acceptors (Lipinski definition) is 3. The summed E-state index contributed by atoms with van der Waals surface area (Å²) in [6, 6.07) is 0.400. The van der Waals surface area contributed by atoms with Crippen molar-refractivity contribution in [2.24, 2.45) is 0 Å². The van der Waals surface area contributed by atoms with Crippen LogP contribution in [-0.4, -0.2) is 56.1 Å². The quantitative estimate of drug-likeness (QED) is 0.732. The fourth-order valence-corrected chi connectivity index (χ4v) is 3.38. The van der Waals surface area contributed by atoms with Crippen molar-refractivity contribution in [3.05, 3.63) is 0 Å². The Morgan fingerprint density at radius 1 is 1.19 bits per heavy atom. The predicted molar refractivity (Wildman–Crippen MR) is 67.0 cm³/mol. The zero-order valence-corrected chi connectivity index (χ0v) is 11.5. The van der Waals surface area contributed by atoms with Crippen LogP contribution in [0, 0.1) is 0 Å². The van der Waals surface area contributed by atoms with Crippen molar-refractivity contribution in [1.82, 2.24) is 9.21 Å². The Bertz CT molecular complexity index is 295. The number of hydrogen-bond donors (Lipinski definition) is 0. The highest BCUT2D eigenvalue weighted by atomic mass is 32.2. The smallest absolute Gasteiger partial charge is 0.215 e. The van der Waals surface area contributed by atoms with Crippen molar-refractivity contribution < 1.29 is 8.42 Å². The molecule has 0 N–H and O–H groups in total. The fraction of sp³-hybridized carbons (Fsp3) is 1.00.